The zero-order chi connectivity index (χ0) is 14.1. The highest BCUT2D eigenvalue weighted by molar-refractivity contribution is 5.95. The Bertz CT molecular complexity index is 522. The molecule has 1 aliphatic heterocycles. The highest BCUT2D eigenvalue weighted by atomic mass is 16.3. The van der Waals surface area contributed by atoms with Crippen LogP contribution in [0.2, 0.25) is 0 Å². The number of amides is 1. The van der Waals surface area contributed by atoms with Crippen molar-refractivity contribution in [3.63, 3.8) is 0 Å². The maximum atomic E-state index is 11.4. The van der Waals surface area contributed by atoms with Gasteiger partial charge < -0.3 is 21.5 Å². The number of nitrogens with two attached hydrogens (primary N) is 1. The average Bonchev–Trinajstić information content (AvgIpc) is 2.42. The molecule has 1 aliphatic carbocycles. The molecule has 1 amide bonds. The van der Waals surface area contributed by atoms with E-state index in [1.807, 2.05) is 6.07 Å². The molecule has 5 heteroatoms. The zero-order valence-electron chi connectivity index (χ0n) is 11.5. The van der Waals surface area contributed by atoms with Crippen molar-refractivity contribution >= 4 is 23.0 Å². The van der Waals surface area contributed by atoms with Crippen LogP contribution in [0.3, 0.4) is 0 Å². The van der Waals surface area contributed by atoms with Crippen LogP contribution in [0.5, 0.6) is 0 Å². The summed E-state index contributed by atoms with van der Waals surface area (Å²) in [6, 6.07) is 4.26. The molecule has 2 aliphatic rings. The Balaban J connectivity index is 1.75. The molecule has 1 fully saturated rings. The first-order valence-electron chi connectivity index (χ1n) is 7.28. The van der Waals surface area contributed by atoms with E-state index in [2.05, 4.69) is 16.7 Å². The van der Waals surface area contributed by atoms with E-state index in [1.54, 1.807) is 0 Å². The molecule has 20 heavy (non-hydrogen) atoms. The van der Waals surface area contributed by atoms with Crippen molar-refractivity contribution < 1.29 is 9.90 Å². The van der Waals surface area contributed by atoms with Gasteiger partial charge in [-0.15, -0.1) is 0 Å². The molecule has 0 atom stereocenters. The van der Waals surface area contributed by atoms with Gasteiger partial charge >= 0.3 is 0 Å². The van der Waals surface area contributed by atoms with Gasteiger partial charge in [0.1, 0.15) is 0 Å². The number of fused-ring (bicyclic) bond motifs is 1. The lowest BCUT2D eigenvalue weighted by molar-refractivity contribution is -0.116. The van der Waals surface area contributed by atoms with E-state index in [0.29, 0.717) is 18.2 Å². The quantitative estimate of drug-likeness (QED) is 0.621. The summed E-state index contributed by atoms with van der Waals surface area (Å²) in [5.41, 5.74) is 9.65. The van der Waals surface area contributed by atoms with Crippen LogP contribution in [-0.4, -0.2) is 23.2 Å². The number of carbonyl (C=O) groups is 1. The maximum Gasteiger partial charge on any atom is 0.224 e. The average molecular weight is 275 g/mol. The van der Waals surface area contributed by atoms with Crippen LogP contribution in [0.15, 0.2) is 12.1 Å². The minimum absolute atomic E-state index is 0.0545. The van der Waals surface area contributed by atoms with Crippen molar-refractivity contribution in [3.8, 4) is 0 Å². The summed E-state index contributed by atoms with van der Waals surface area (Å²) in [5, 5.41) is 15.9. The van der Waals surface area contributed by atoms with E-state index in [9.17, 15) is 9.90 Å². The smallest absolute Gasteiger partial charge is 0.224 e. The Labute approximate surface area is 118 Å². The molecule has 5 N–H and O–H groups in total. The number of nitrogens with one attached hydrogen (secondary N) is 2. The molecule has 1 saturated carbocycles. The Kier molecular flexibility index (Phi) is 3.53. The van der Waals surface area contributed by atoms with Gasteiger partial charge in [0.25, 0.3) is 0 Å². The number of aliphatic hydroxyl groups is 1. The van der Waals surface area contributed by atoms with E-state index in [-0.39, 0.29) is 12.0 Å². The van der Waals surface area contributed by atoms with Crippen molar-refractivity contribution in [3.05, 3.63) is 17.7 Å². The minimum atomic E-state index is -0.149. The lowest BCUT2D eigenvalue weighted by Crippen LogP contribution is -2.28. The molecule has 108 valence electrons. The lowest BCUT2D eigenvalue weighted by Gasteiger charge is -2.28. The number of aliphatic hydroxyl groups excluding tert-OH is 1. The Morgan fingerprint density at radius 1 is 1.20 bits per heavy atom. The second-order valence-corrected chi connectivity index (χ2v) is 5.79. The third-order valence-corrected chi connectivity index (χ3v) is 4.23. The van der Waals surface area contributed by atoms with Crippen LogP contribution in [0.25, 0.3) is 0 Å². The SMILES string of the molecule is Nc1cc2c(cc1NC1CCC(O)CC1)CCC(=O)N2. The summed E-state index contributed by atoms with van der Waals surface area (Å²) in [7, 11) is 0. The first kappa shape index (κ1) is 13.2. The normalized spacial score (nSPS) is 25.8. The van der Waals surface area contributed by atoms with Gasteiger partial charge in [-0.05, 0) is 49.8 Å². The fourth-order valence-corrected chi connectivity index (χ4v) is 3.01. The molecule has 3 rings (SSSR count). The molecule has 0 spiro atoms. The molecule has 5 nitrogen and oxygen atoms in total. The van der Waals surface area contributed by atoms with Gasteiger partial charge in [0.2, 0.25) is 5.91 Å². The number of hydrogen-bond donors (Lipinski definition) is 4. The number of hydrogen-bond acceptors (Lipinski definition) is 4. The lowest BCUT2D eigenvalue weighted by atomic mass is 9.92. The summed E-state index contributed by atoms with van der Waals surface area (Å²) < 4.78 is 0. The number of anilines is 3. The first-order chi connectivity index (χ1) is 9.61. The Hall–Kier alpha value is -1.75. The number of carbonyl (C=O) groups excluding carboxylic acids is 1. The molecule has 0 saturated heterocycles. The largest absolute Gasteiger partial charge is 0.397 e. The van der Waals surface area contributed by atoms with E-state index >= 15 is 0 Å². The fourth-order valence-electron chi connectivity index (χ4n) is 3.01. The van der Waals surface area contributed by atoms with E-state index in [4.69, 9.17) is 5.73 Å². The molecule has 1 aromatic carbocycles. The van der Waals surface area contributed by atoms with Gasteiger partial charge in [-0.3, -0.25) is 4.79 Å². The number of rotatable bonds is 2. The second-order valence-electron chi connectivity index (χ2n) is 5.79. The maximum absolute atomic E-state index is 11.4. The predicted octanol–water partition coefficient (Wildman–Crippen LogP) is 1.87. The van der Waals surface area contributed by atoms with Crippen molar-refractivity contribution in [2.24, 2.45) is 0 Å². The molecule has 1 aromatic rings. The van der Waals surface area contributed by atoms with Crippen LogP contribution < -0.4 is 16.4 Å². The van der Waals surface area contributed by atoms with Crippen LogP contribution in [0.1, 0.15) is 37.7 Å². The molecule has 0 bridgehead atoms. The standard InChI is InChI=1S/C15H21N3O2/c16-12-8-13-9(1-6-15(20)18-13)7-14(12)17-10-2-4-11(19)5-3-10/h7-8,10-11,17,19H,1-6,16H2,(H,18,20). The second kappa shape index (κ2) is 5.32. The monoisotopic (exact) mass is 275 g/mol. The molecule has 0 aromatic heterocycles. The highest BCUT2D eigenvalue weighted by Crippen LogP contribution is 2.32. The first-order valence-corrected chi connectivity index (χ1v) is 7.28. The predicted molar refractivity (Wildman–Crippen MR) is 79.7 cm³/mol. The molecular weight excluding hydrogens is 254 g/mol. The topological polar surface area (TPSA) is 87.4 Å². The molecule has 0 unspecified atom stereocenters. The van der Waals surface area contributed by atoms with Gasteiger partial charge in [-0.2, -0.15) is 0 Å². The van der Waals surface area contributed by atoms with Crippen molar-refractivity contribution in [2.75, 3.05) is 16.4 Å². The summed E-state index contributed by atoms with van der Waals surface area (Å²) in [6.07, 6.45) is 4.77. The van der Waals surface area contributed by atoms with E-state index in [1.165, 1.54) is 0 Å². The van der Waals surface area contributed by atoms with Crippen molar-refractivity contribution in [1.82, 2.24) is 0 Å². The molecule has 1 heterocycles. The Morgan fingerprint density at radius 2 is 1.95 bits per heavy atom. The van der Waals surface area contributed by atoms with Gasteiger partial charge in [-0.25, -0.2) is 0 Å². The molecular formula is C15H21N3O2. The van der Waals surface area contributed by atoms with Crippen molar-refractivity contribution in [1.29, 1.82) is 0 Å². The Morgan fingerprint density at radius 3 is 2.70 bits per heavy atom. The van der Waals surface area contributed by atoms with Gasteiger partial charge in [0.15, 0.2) is 0 Å². The summed E-state index contributed by atoms with van der Waals surface area (Å²) in [6.45, 7) is 0. The third-order valence-electron chi connectivity index (χ3n) is 4.23. The van der Waals surface area contributed by atoms with Crippen LogP contribution in [-0.2, 0) is 11.2 Å². The summed E-state index contributed by atoms with van der Waals surface area (Å²) in [4.78, 5) is 11.4. The van der Waals surface area contributed by atoms with Gasteiger partial charge in [0, 0.05) is 18.2 Å². The zero-order valence-corrected chi connectivity index (χ0v) is 11.5. The number of nitrogen functional groups attached to an aromatic ring is 1. The van der Waals surface area contributed by atoms with Crippen molar-refractivity contribution in [2.45, 2.75) is 50.7 Å². The third kappa shape index (κ3) is 2.72. The van der Waals surface area contributed by atoms with Crippen LogP contribution in [0, 0.1) is 0 Å². The molecule has 0 radical (unpaired) electrons. The van der Waals surface area contributed by atoms with E-state index < -0.39 is 0 Å². The van der Waals surface area contributed by atoms with Crippen LogP contribution in [0.4, 0.5) is 17.1 Å². The number of aryl methyl sites for hydroxylation is 1. The van der Waals surface area contributed by atoms with E-state index in [0.717, 1.165) is 49.0 Å². The minimum Gasteiger partial charge on any atom is -0.397 e. The summed E-state index contributed by atoms with van der Waals surface area (Å²) in [5.74, 6) is 0.0545. The fraction of sp³-hybridized carbons (Fsp3) is 0.533. The summed E-state index contributed by atoms with van der Waals surface area (Å²) >= 11 is 0. The van der Waals surface area contributed by atoms with Gasteiger partial charge in [0.05, 0.1) is 17.5 Å². The highest BCUT2D eigenvalue weighted by Gasteiger charge is 2.21. The van der Waals surface area contributed by atoms with Gasteiger partial charge in [-0.1, -0.05) is 0 Å². The number of benzene rings is 1. The van der Waals surface area contributed by atoms with Crippen LogP contribution >= 0.6 is 0 Å².